The Hall–Kier alpha value is -1.13. The molecule has 0 spiro atoms. The molecule has 4 nitrogen and oxygen atoms in total. The van der Waals surface area contributed by atoms with E-state index in [1.54, 1.807) is 4.68 Å². The second-order valence-electron chi connectivity index (χ2n) is 5.45. The van der Waals surface area contributed by atoms with E-state index in [1.165, 1.54) is 0 Å². The maximum atomic E-state index is 6.36. The fourth-order valence-electron chi connectivity index (χ4n) is 1.81. The zero-order valence-electron chi connectivity index (χ0n) is 11.4. The molecule has 0 aliphatic carbocycles. The molecular formula is C13H16Cl2N4. The van der Waals surface area contributed by atoms with Crippen molar-refractivity contribution in [2.75, 3.05) is 0 Å². The molecule has 0 saturated heterocycles. The summed E-state index contributed by atoms with van der Waals surface area (Å²) in [5.74, 6) is 0.919. The lowest BCUT2D eigenvalue weighted by Crippen LogP contribution is -2.14. The monoisotopic (exact) mass is 298 g/mol. The van der Waals surface area contributed by atoms with Gasteiger partial charge in [-0.15, -0.1) is 16.7 Å². The first-order valence-corrected chi connectivity index (χ1v) is 6.90. The molecule has 2 rings (SSSR count). The van der Waals surface area contributed by atoms with E-state index in [1.807, 2.05) is 19.1 Å². The number of aryl methyl sites for hydroxylation is 1. The number of hydrogen-bond acceptors (Lipinski definition) is 3. The van der Waals surface area contributed by atoms with Crippen LogP contribution >= 0.6 is 23.2 Å². The predicted molar refractivity (Wildman–Crippen MR) is 77.2 cm³/mol. The van der Waals surface area contributed by atoms with Crippen molar-refractivity contribution in [2.24, 2.45) is 0 Å². The summed E-state index contributed by atoms with van der Waals surface area (Å²) < 4.78 is 1.59. The largest absolute Gasteiger partial charge is 0.201 e. The Labute approximate surface area is 122 Å². The van der Waals surface area contributed by atoms with Crippen LogP contribution in [-0.4, -0.2) is 20.0 Å². The average Bonchev–Trinajstić information content (AvgIpc) is 2.67. The Kier molecular flexibility index (Phi) is 3.83. The summed E-state index contributed by atoms with van der Waals surface area (Å²) >= 11 is 12.4. The van der Waals surface area contributed by atoms with Gasteiger partial charge in [0.15, 0.2) is 5.82 Å². The van der Waals surface area contributed by atoms with E-state index in [-0.39, 0.29) is 5.41 Å². The first-order valence-electron chi connectivity index (χ1n) is 5.99. The van der Waals surface area contributed by atoms with Gasteiger partial charge in [0.1, 0.15) is 5.15 Å². The molecule has 6 heteroatoms. The summed E-state index contributed by atoms with van der Waals surface area (Å²) in [6.07, 6.45) is 0. The van der Waals surface area contributed by atoms with E-state index >= 15 is 0 Å². The van der Waals surface area contributed by atoms with Crippen LogP contribution in [0.4, 0.5) is 0 Å². The highest BCUT2D eigenvalue weighted by atomic mass is 35.5. The highest BCUT2D eigenvalue weighted by molar-refractivity contribution is 6.31. The summed E-state index contributed by atoms with van der Waals surface area (Å²) in [5.41, 5.74) is 2.45. The Balaban J connectivity index is 2.59. The number of nitrogens with zero attached hydrogens (tertiary/aromatic N) is 4. The Bertz CT molecular complexity index is 582. The number of alkyl halides is 1. The van der Waals surface area contributed by atoms with Crippen LogP contribution in [0.3, 0.4) is 0 Å². The Morgan fingerprint density at radius 3 is 2.32 bits per heavy atom. The molecular weight excluding hydrogens is 283 g/mol. The van der Waals surface area contributed by atoms with Crippen LogP contribution in [0.1, 0.15) is 37.7 Å². The minimum Gasteiger partial charge on any atom is -0.201 e. The van der Waals surface area contributed by atoms with Gasteiger partial charge < -0.3 is 0 Å². The average molecular weight is 299 g/mol. The number of hydrogen-bond donors (Lipinski definition) is 0. The SMILES string of the molecule is Cc1ccc(-n2nc(C(C)(C)C)c(CCl)c2Cl)nn1. The summed E-state index contributed by atoms with van der Waals surface area (Å²) in [4.78, 5) is 0. The third-order valence-corrected chi connectivity index (χ3v) is 3.42. The smallest absolute Gasteiger partial charge is 0.177 e. The summed E-state index contributed by atoms with van der Waals surface area (Å²) in [5, 5.41) is 13.2. The summed E-state index contributed by atoms with van der Waals surface area (Å²) in [7, 11) is 0. The molecule has 0 aliphatic rings. The highest BCUT2D eigenvalue weighted by Gasteiger charge is 2.26. The van der Waals surface area contributed by atoms with Crippen molar-refractivity contribution < 1.29 is 0 Å². The second-order valence-corrected chi connectivity index (χ2v) is 6.07. The standard InChI is InChI=1S/C13H16Cl2N4/c1-8-5-6-10(17-16-8)19-12(15)9(7-14)11(18-19)13(2,3)4/h5-6H,7H2,1-4H3. The van der Waals surface area contributed by atoms with Crippen LogP contribution in [0.2, 0.25) is 5.15 Å². The lowest BCUT2D eigenvalue weighted by atomic mass is 9.90. The van der Waals surface area contributed by atoms with Gasteiger partial charge in [-0.2, -0.15) is 10.2 Å². The number of aromatic nitrogens is 4. The first kappa shape index (κ1) is 14.3. The van der Waals surface area contributed by atoms with Gasteiger partial charge in [0, 0.05) is 11.0 Å². The quantitative estimate of drug-likeness (QED) is 0.795. The molecule has 2 heterocycles. The minimum absolute atomic E-state index is 0.128. The van der Waals surface area contributed by atoms with E-state index < -0.39 is 0 Å². The Morgan fingerprint density at radius 2 is 1.89 bits per heavy atom. The molecule has 0 radical (unpaired) electrons. The maximum Gasteiger partial charge on any atom is 0.177 e. The fourth-order valence-corrected chi connectivity index (χ4v) is 2.41. The van der Waals surface area contributed by atoms with Gasteiger partial charge in [0.2, 0.25) is 0 Å². The molecule has 102 valence electrons. The molecule has 0 N–H and O–H groups in total. The van der Waals surface area contributed by atoms with E-state index in [4.69, 9.17) is 23.2 Å². The maximum absolute atomic E-state index is 6.36. The van der Waals surface area contributed by atoms with Gasteiger partial charge in [-0.25, -0.2) is 4.68 Å². The van der Waals surface area contributed by atoms with Gasteiger partial charge >= 0.3 is 0 Å². The van der Waals surface area contributed by atoms with E-state index in [9.17, 15) is 0 Å². The fraction of sp³-hybridized carbons (Fsp3) is 0.462. The Morgan fingerprint density at radius 1 is 1.21 bits per heavy atom. The molecule has 0 amide bonds. The zero-order chi connectivity index (χ0) is 14.2. The van der Waals surface area contributed by atoms with E-state index in [0.717, 1.165) is 17.0 Å². The first-order chi connectivity index (χ1) is 8.84. The van der Waals surface area contributed by atoms with Gasteiger partial charge in [0.25, 0.3) is 0 Å². The van der Waals surface area contributed by atoms with Crippen molar-refractivity contribution in [1.82, 2.24) is 20.0 Å². The molecule has 0 atom stereocenters. The third-order valence-electron chi connectivity index (χ3n) is 2.77. The molecule has 2 aromatic heterocycles. The molecule has 0 saturated carbocycles. The molecule has 0 unspecified atom stereocenters. The highest BCUT2D eigenvalue weighted by Crippen LogP contribution is 2.32. The van der Waals surface area contributed by atoms with Gasteiger partial charge in [0.05, 0.1) is 17.3 Å². The third kappa shape index (κ3) is 2.74. The van der Waals surface area contributed by atoms with Crippen molar-refractivity contribution in [1.29, 1.82) is 0 Å². The molecule has 0 fully saturated rings. The van der Waals surface area contributed by atoms with Crippen LogP contribution in [0, 0.1) is 6.92 Å². The minimum atomic E-state index is -0.128. The summed E-state index contributed by atoms with van der Waals surface area (Å²) in [6, 6.07) is 3.71. The normalized spacial score (nSPS) is 11.9. The van der Waals surface area contributed by atoms with Crippen LogP contribution < -0.4 is 0 Å². The molecule has 0 aromatic carbocycles. The molecule has 19 heavy (non-hydrogen) atoms. The van der Waals surface area contributed by atoms with Crippen molar-refractivity contribution in [3.63, 3.8) is 0 Å². The number of halogens is 2. The lowest BCUT2D eigenvalue weighted by molar-refractivity contribution is 0.555. The van der Waals surface area contributed by atoms with Crippen molar-refractivity contribution in [3.05, 3.63) is 34.2 Å². The van der Waals surface area contributed by atoms with E-state index in [0.29, 0.717) is 16.9 Å². The summed E-state index contributed by atoms with van der Waals surface area (Å²) in [6.45, 7) is 8.11. The van der Waals surface area contributed by atoms with Crippen LogP contribution in [0.25, 0.3) is 5.82 Å². The van der Waals surface area contributed by atoms with Crippen LogP contribution in [0.5, 0.6) is 0 Å². The zero-order valence-corrected chi connectivity index (χ0v) is 12.9. The van der Waals surface area contributed by atoms with Gasteiger partial charge in [-0.3, -0.25) is 0 Å². The predicted octanol–water partition coefficient (Wildman–Crippen LogP) is 3.66. The molecule has 0 aliphatic heterocycles. The van der Waals surface area contributed by atoms with Crippen LogP contribution in [-0.2, 0) is 11.3 Å². The van der Waals surface area contributed by atoms with E-state index in [2.05, 4.69) is 36.1 Å². The van der Waals surface area contributed by atoms with Gasteiger partial charge in [-0.1, -0.05) is 32.4 Å². The molecule has 0 bridgehead atoms. The van der Waals surface area contributed by atoms with Crippen molar-refractivity contribution in [2.45, 2.75) is 39.0 Å². The molecule has 2 aromatic rings. The van der Waals surface area contributed by atoms with Gasteiger partial charge in [-0.05, 0) is 19.1 Å². The number of rotatable bonds is 2. The van der Waals surface area contributed by atoms with Crippen molar-refractivity contribution >= 4 is 23.2 Å². The van der Waals surface area contributed by atoms with Crippen LogP contribution in [0.15, 0.2) is 12.1 Å². The van der Waals surface area contributed by atoms with Crippen molar-refractivity contribution in [3.8, 4) is 5.82 Å². The second kappa shape index (κ2) is 5.10. The lowest BCUT2D eigenvalue weighted by Gasteiger charge is -2.16. The topological polar surface area (TPSA) is 43.6 Å².